The van der Waals surface area contributed by atoms with Gasteiger partial charge in [0, 0.05) is 0 Å². The van der Waals surface area contributed by atoms with Crippen LogP contribution in [0.1, 0.15) is 23.6 Å². The summed E-state index contributed by atoms with van der Waals surface area (Å²) < 4.78 is 4.38. The number of halogens is 1. The predicted molar refractivity (Wildman–Crippen MR) is 65.8 cm³/mol. The van der Waals surface area contributed by atoms with Crippen molar-refractivity contribution in [3.63, 3.8) is 0 Å². The fraction of sp³-hybridized carbons (Fsp3) is 0.357. The Labute approximate surface area is 114 Å². The van der Waals surface area contributed by atoms with Crippen molar-refractivity contribution in [1.29, 1.82) is 0 Å². The molecule has 1 aromatic heterocycles. The van der Waals surface area contributed by atoms with Gasteiger partial charge < -0.3 is 17.0 Å². The van der Waals surface area contributed by atoms with Crippen molar-refractivity contribution >= 4 is 0 Å². The Morgan fingerprint density at radius 1 is 1.12 bits per heavy atom. The van der Waals surface area contributed by atoms with Gasteiger partial charge in [0.15, 0.2) is 0 Å². The van der Waals surface area contributed by atoms with Crippen molar-refractivity contribution in [3.8, 4) is 5.69 Å². The molecule has 2 rings (SSSR count). The largest absolute Gasteiger partial charge is 1.00 e. The van der Waals surface area contributed by atoms with Gasteiger partial charge in [-0.3, -0.25) is 0 Å². The summed E-state index contributed by atoms with van der Waals surface area (Å²) >= 11 is 0. The average Bonchev–Trinajstić information content (AvgIpc) is 2.64. The van der Waals surface area contributed by atoms with E-state index in [1.165, 1.54) is 22.4 Å². The zero-order valence-corrected chi connectivity index (χ0v) is 12.5. The molecule has 1 aromatic carbocycles. The highest BCUT2D eigenvalue weighted by molar-refractivity contribution is 5.48. The van der Waals surface area contributed by atoms with Crippen molar-refractivity contribution in [1.82, 2.24) is 4.57 Å². The summed E-state index contributed by atoms with van der Waals surface area (Å²) in [5.41, 5.74) is 5.29. The molecule has 1 heterocycles. The van der Waals surface area contributed by atoms with Crippen LogP contribution in [-0.4, -0.2) is 4.57 Å². The molecule has 0 saturated heterocycles. The molecular formula is C14H19BrN2. The number of aryl methyl sites for hydroxylation is 4. The van der Waals surface area contributed by atoms with Crippen molar-refractivity contribution in [2.45, 2.75) is 34.2 Å². The van der Waals surface area contributed by atoms with Crippen molar-refractivity contribution in [2.24, 2.45) is 0 Å². The number of hydrogen-bond donors (Lipinski definition) is 0. The maximum absolute atomic E-state index is 2.23. The van der Waals surface area contributed by atoms with E-state index in [1.54, 1.807) is 0 Å². The first-order valence-electron chi connectivity index (χ1n) is 5.77. The zero-order valence-electron chi connectivity index (χ0n) is 10.9. The highest BCUT2D eigenvalue weighted by Crippen LogP contribution is 2.20. The molecule has 0 radical (unpaired) electrons. The SMILES string of the molecule is CC[n+]1ccn(-c2c(C)cc(C)cc2C)c1.[Br-]. The van der Waals surface area contributed by atoms with Gasteiger partial charge in [-0.2, -0.15) is 0 Å². The molecule has 0 atom stereocenters. The van der Waals surface area contributed by atoms with E-state index >= 15 is 0 Å². The fourth-order valence-corrected chi connectivity index (χ4v) is 2.29. The van der Waals surface area contributed by atoms with E-state index in [9.17, 15) is 0 Å². The Balaban J connectivity index is 0.00000144. The van der Waals surface area contributed by atoms with Crippen LogP contribution in [0.5, 0.6) is 0 Å². The second-order valence-corrected chi connectivity index (χ2v) is 4.40. The first-order chi connectivity index (χ1) is 7.61. The minimum absolute atomic E-state index is 0. The van der Waals surface area contributed by atoms with E-state index in [1.807, 2.05) is 0 Å². The Kier molecular flexibility index (Phi) is 4.52. The van der Waals surface area contributed by atoms with Gasteiger partial charge in [0.05, 0.1) is 6.54 Å². The minimum atomic E-state index is 0. The van der Waals surface area contributed by atoms with E-state index in [0.717, 1.165) is 6.54 Å². The molecule has 0 bridgehead atoms. The Morgan fingerprint density at radius 3 is 2.18 bits per heavy atom. The lowest BCUT2D eigenvalue weighted by molar-refractivity contribution is -0.692. The van der Waals surface area contributed by atoms with Crippen molar-refractivity contribution in [2.75, 3.05) is 0 Å². The topological polar surface area (TPSA) is 8.81 Å². The van der Waals surface area contributed by atoms with Crippen LogP contribution in [-0.2, 0) is 6.54 Å². The van der Waals surface area contributed by atoms with Crippen LogP contribution in [0.25, 0.3) is 5.69 Å². The van der Waals surface area contributed by atoms with Crippen LogP contribution in [0.2, 0.25) is 0 Å². The van der Waals surface area contributed by atoms with Crippen LogP contribution in [0.15, 0.2) is 30.9 Å². The summed E-state index contributed by atoms with van der Waals surface area (Å²) in [5, 5.41) is 0. The van der Waals surface area contributed by atoms with Gasteiger partial charge in [0.25, 0.3) is 0 Å². The highest BCUT2D eigenvalue weighted by atomic mass is 79.9. The molecule has 0 unspecified atom stereocenters. The van der Waals surface area contributed by atoms with Crippen LogP contribution >= 0.6 is 0 Å². The molecule has 0 aliphatic carbocycles. The molecular weight excluding hydrogens is 276 g/mol. The van der Waals surface area contributed by atoms with E-state index in [0.29, 0.717) is 0 Å². The molecule has 0 aliphatic heterocycles. The number of rotatable bonds is 2. The zero-order chi connectivity index (χ0) is 11.7. The minimum Gasteiger partial charge on any atom is -1.00 e. The third kappa shape index (κ3) is 2.78. The fourth-order valence-electron chi connectivity index (χ4n) is 2.29. The number of nitrogens with zero attached hydrogens (tertiary/aromatic N) is 2. The third-order valence-electron chi connectivity index (χ3n) is 2.95. The van der Waals surface area contributed by atoms with Gasteiger partial charge in [0.2, 0.25) is 6.33 Å². The molecule has 92 valence electrons. The second kappa shape index (κ2) is 5.50. The van der Waals surface area contributed by atoms with Crippen LogP contribution in [0, 0.1) is 20.8 Å². The molecule has 17 heavy (non-hydrogen) atoms. The molecule has 0 saturated carbocycles. The summed E-state index contributed by atoms with van der Waals surface area (Å²) in [6.07, 6.45) is 6.37. The van der Waals surface area contributed by atoms with Gasteiger partial charge >= 0.3 is 0 Å². The van der Waals surface area contributed by atoms with Gasteiger partial charge in [-0.25, -0.2) is 9.13 Å². The Hall–Kier alpha value is -1.09. The maximum Gasteiger partial charge on any atom is 0.248 e. The van der Waals surface area contributed by atoms with E-state index in [4.69, 9.17) is 0 Å². The smallest absolute Gasteiger partial charge is 0.248 e. The van der Waals surface area contributed by atoms with Crippen molar-refractivity contribution in [3.05, 3.63) is 47.5 Å². The number of benzene rings is 1. The molecule has 3 heteroatoms. The average molecular weight is 295 g/mol. The number of aromatic nitrogens is 2. The molecule has 2 aromatic rings. The lowest BCUT2D eigenvalue weighted by atomic mass is 10.1. The molecule has 0 aliphatic rings. The lowest BCUT2D eigenvalue weighted by Gasteiger charge is -2.06. The van der Waals surface area contributed by atoms with Crippen LogP contribution in [0.3, 0.4) is 0 Å². The Bertz CT molecular complexity index is 492. The number of imidazole rings is 1. The number of hydrogen-bond acceptors (Lipinski definition) is 0. The van der Waals surface area contributed by atoms with Crippen molar-refractivity contribution < 1.29 is 21.5 Å². The molecule has 0 fully saturated rings. The molecule has 0 spiro atoms. The van der Waals surface area contributed by atoms with Gasteiger partial charge in [-0.15, -0.1) is 0 Å². The lowest BCUT2D eigenvalue weighted by Crippen LogP contribution is -3.00. The molecule has 2 nitrogen and oxygen atoms in total. The van der Waals surface area contributed by atoms with E-state index in [-0.39, 0.29) is 17.0 Å². The summed E-state index contributed by atoms with van der Waals surface area (Å²) in [5.74, 6) is 0. The van der Waals surface area contributed by atoms with Gasteiger partial charge in [-0.1, -0.05) is 17.7 Å². The first kappa shape index (κ1) is 14.0. The molecule has 0 amide bonds. The maximum atomic E-state index is 2.23. The highest BCUT2D eigenvalue weighted by Gasteiger charge is 2.11. The standard InChI is InChI=1S/C14H19N2.BrH/c1-5-15-6-7-16(10-15)14-12(3)8-11(2)9-13(14)4;/h6-10H,5H2,1-4H3;1H/q+1;/p-1. The van der Waals surface area contributed by atoms with E-state index in [2.05, 4.69) is 67.7 Å². The quantitative estimate of drug-likeness (QED) is 0.674. The van der Waals surface area contributed by atoms with Gasteiger partial charge in [-0.05, 0) is 38.8 Å². The van der Waals surface area contributed by atoms with Crippen LogP contribution < -0.4 is 21.5 Å². The molecule has 0 N–H and O–H groups in total. The van der Waals surface area contributed by atoms with E-state index < -0.39 is 0 Å². The Morgan fingerprint density at radius 2 is 1.71 bits per heavy atom. The normalized spacial score (nSPS) is 10.1. The summed E-state index contributed by atoms with van der Waals surface area (Å²) in [4.78, 5) is 0. The third-order valence-corrected chi connectivity index (χ3v) is 2.95. The monoisotopic (exact) mass is 294 g/mol. The first-order valence-corrected chi connectivity index (χ1v) is 5.77. The van der Waals surface area contributed by atoms with Gasteiger partial charge in [0.1, 0.15) is 18.1 Å². The van der Waals surface area contributed by atoms with Crippen LogP contribution in [0.4, 0.5) is 0 Å². The summed E-state index contributed by atoms with van der Waals surface area (Å²) in [6.45, 7) is 9.65. The summed E-state index contributed by atoms with van der Waals surface area (Å²) in [7, 11) is 0. The second-order valence-electron chi connectivity index (χ2n) is 4.40. The summed E-state index contributed by atoms with van der Waals surface area (Å²) in [6, 6.07) is 4.47. The predicted octanol–water partition coefficient (Wildman–Crippen LogP) is -0.286.